The van der Waals surface area contributed by atoms with Crippen LogP contribution in [0.25, 0.3) is 11.1 Å². The Bertz CT molecular complexity index is 1000. The van der Waals surface area contributed by atoms with Gasteiger partial charge in [-0.25, -0.2) is 0 Å². The van der Waals surface area contributed by atoms with Crippen molar-refractivity contribution in [3.63, 3.8) is 0 Å². The average molecular weight is 327 g/mol. The first-order valence-electron chi connectivity index (χ1n) is 8.26. The van der Waals surface area contributed by atoms with Crippen molar-refractivity contribution in [2.45, 2.75) is 13.5 Å². The Labute approximate surface area is 146 Å². The molecule has 3 heteroatoms. The van der Waals surface area contributed by atoms with Crippen molar-refractivity contribution >= 4 is 11.7 Å². The second-order valence-corrected chi connectivity index (χ2v) is 6.24. The van der Waals surface area contributed by atoms with E-state index in [2.05, 4.69) is 5.32 Å². The summed E-state index contributed by atoms with van der Waals surface area (Å²) in [5.74, 6) is -0.186. The molecule has 0 saturated heterocycles. The molecule has 0 aromatic heterocycles. The van der Waals surface area contributed by atoms with Gasteiger partial charge in [-0.05, 0) is 41.3 Å². The second kappa shape index (κ2) is 6.02. The summed E-state index contributed by atoms with van der Waals surface area (Å²) >= 11 is 0. The highest BCUT2D eigenvalue weighted by molar-refractivity contribution is 6.22. The summed E-state index contributed by atoms with van der Waals surface area (Å²) in [6.07, 6.45) is 0. The molecule has 25 heavy (non-hydrogen) atoms. The Morgan fingerprint density at radius 2 is 1.52 bits per heavy atom. The lowest BCUT2D eigenvalue weighted by atomic mass is 10.0. The highest BCUT2D eigenvalue weighted by Crippen LogP contribution is 2.36. The van der Waals surface area contributed by atoms with Gasteiger partial charge in [0.05, 0.1) is 0 Å². The Morgan fingerprint density at radius 3 is 2.32 bits per heavy atom. The van der Waals surface area contributed by atoms with Crippen molar-refractivity contribution in [3.05, 3.63) is 94.5 Å². The van der Waals surface area contributed by atoms with Crippen LogP contribution in [0.2, 0.25) is 0 Å². The molecule has 0 unspecified atom stereocenters. The zero-order valence-electron chi connectivity index (χ0n) is 13.9. The Morgan fingerprint density at radius 1 is 0.840 bits per heavy atom. The van der Waals surface area contributed by atoms with Crippen molar-refractivity contribution < 1.29 is 9.59 Å². The van der Waals surface area contributed by atoms with Gasteiger partial charge < -0.3 is 5.32 Å². The summed E-state index contributed by atoms with van der Waals surface area (Å²) in [7, 11) is 0. The van der Waals surface area contributed by atoms with Crippen LogP contribution in [0.3, 0.4) is 0 Å². The number of hydrogen-bond donors (Lipinski definition) is 1. The van der Waals surface area contributed by atoms with E-state index < -0.39 is 0 Å². The van der Waals surface area contributed by atoms with Crippen LogP contribution in [0.4, 0.5) is 0 Å². The fourth-order valence-corrected chi connectivity index (χ4v) is 3.26. The summed E-state index contributed by atoms with van der Waals surface area (Å²) in [6, 6.07) is 20.8. The van der Waals surface area contributed by atoms with E-state index in [-0.39, 0.29) is 11.7 Å². The largest absolute Gasteiger partial charge is 0.348 e. The highest BCUT2D eigenvalue weighted by Gasteiger charge is 2.26. The number of fused-ring (bicyclic) bond motifs is 3. The van der Waals surface area contributed by atoms with E-state index >= 15 is 0 Å². The number of hydrogen-bond acceptors (Lipinski definition) is 2. The minimum absolute atomic E-state index is 0.0147. The summed E-state index contributed by atoms with van der Waals surface area (Å²) < 4.78 is 0. The predicted molar refractivity (Wildman–Crippen MR) is 97.7 cm³/mol. The molecule has 0 fully saturated rings. The smallest absolute Gasteiger partial charge is 0.251 e. The molecule has 122 valence electrons. The molecule has 3 nitrogen and oxygen atoms in total. The molecular formula is C22H17NO2. The molecule has 0 bridgehead atoms. The van der Waals surface area contributed by atoms with Crippen LogP contribution in [0, 0.1) is 6.92 Å². The number of benzene rings is 3. The third-order valence-electron chi connectivity index (χ3n) is 4.69. The van der Waals surface area contributed by atoms with Crippen LogP contribution in [0.15, 0.2) is 66.7 Å². The number of carbonyl (C=O) groups excluding carboxylic acids is 2. The molecule has 0 aliphatic heterocycles. The molecule has 0 radical (unpaired) electrons. The van der Waals surface area contributed by atoms with Crippen LogP contribution < -0.4 is 5.32 Å². The van der Waals surface area contributed by atoms with Gasteiger partial charge in [0, 0.05) is 23.2 Å². The normalized spacial score (nSPS) is 11.8. The Kier molecular flexibility index (Phi) is 3.69. The van der Waals surface area contributed by atoms with Crippen molar-refractivity contribution in [2.24, 2.45) is 0 Å². The molecule has 3 aromatic carbocycles. The molecule has 1 aliphatic rings. The number of nitrogens with one attached hydrogen (secondary N) is 1. The maximum absolute atomic E-state index is 12.6. The van der Waals surface area contributed by atoms with Crippen molar-refractivity contribution in [1.82, 2.24) is 5.32 Å². The molecule has 0 spiro atoms. The van der Waals surface area contributed by atoms with E-state index in [1.54, 1.807) is 12.1 Å². The topological polar surface area (TPSA) is 46.2 Å². The van der Waals surface area contributed by atoms with E-state index in [1.807, 2.05) is 61.5 Å². The van der Waals surface area contributed by atoms with Crippen LogP contribution in [0.1, 0.15) is 37.4 Å². The molecule has 0 atom stereocenters. The number of amides is 1. The predicted octanol–water partition coefficient (Wildman–Crippen LogP) is 4.14. The molecule has 3 aromatic rings. The molecule has 0 saturated carbocycles. The number of ketones is 1. The van der Waals surface area contributed by atoms with Gasteiger partial charge in [-0.15, -0.1) is 0 Å². The van der Waals surface area contributed by atoms with E-state index in [4.69, 9.17) is 0 Å². The number of rotatable bonds is 3. The summed E-state index contributed by atoms with van der Waals surface area (Å²) in [6.45, 7) is 2.49. The zero-order valence-corrected chi connectivity index (χ0v) is 13.9. The van der Waals surface area contributed by atoms with Gasteiger partial charge in [-0.3, -0.25) is 9.59 Å². The monoisotopic (exact) mass is 327 g/mol. The van der Waals surface area contributed by atoms with E-state index in [0.29, 0.717) is 23.2 Å². The van der Waals surface area contributed by atoms with E-state index in [9.17, 15) is 9.59 Å². The molecule has 1 amide bonds. The first kappa shape index (κ1) is 15.3. The lowest BCUT2D eigenvalue weighted by Crippen LogP contribution is -2.23. The van der Waals surface area contributed by atoms with Gasteiger partial charge in [0.1, 0.15) is 0 Å². The van der Waals surface area contributed by atoms with Crippen LogP contribution in [-0.4, -0.2) is 11.7 Å². The third-order valence-corrected chi connectivity index (χ3v) is 4.69. The van der Waals surface area contributed by atoms with Gasteiger partial charge in [0.2, 0.25) is 0 Å². The summed E-state index contributed by atoms with van der Waals surface area (Å²) in [5, 5.41) is 2.93. The SMILES string of the molecule is Cc1ccccc1CNC(=O)c1ccc2c(c1)C(=O)c1ccccc1-2. The molecule has 1 N–H and O–H groups in total. The fourth-order valence-electron chi connectivity index (χ4n) is 3.26. The maximum Gasteiger partial charge on any atom is 0.251 e. The van der Waals surface area contributed by atoms with Gasteiger partial charge >= 0.3 is 0 Å². The fraction of sp³-hybridized carbons (Fsp3) is 0.0909. The zero-order chi connectivity index (χ0) is 17.4. The van der Waals surface area contributed by atoms with Crippen molar-refractivity contribution in [2.75, 3.05) is 0 Å². The molecule has 1 aliphatic carbocycles. The number of carbonyl (C=O) groups is 2. The van der Waals surface area contributed by atoms with Crippen LogP contribution >= 0.6 is 0 Å². The maximum atomic E-state index is 12.6. The molecule has 4 rings (SSSR count). The number of aryl methyl sites for hydroxylation is 1. The Balaban J connectivity index is 1.58. The highest BCUT2D eigenvalue weighted by atomic mass is 16.1. The quantitative estimate of drug-likeness (QED) is 0.615. The Hall–Kier alpha value is -3.20. The summed E-state index contributed by atoms with van der Waals surface area (Å²) in [4.78, 5) is 25.0. The van der Waals surface area contributed by atoms with Gasteiger partial charge in [-0.1, -0.05) is 54.6 Å². The minimum atomic E-state index is -0.171. The molecule has 0 heterocycles. The van der Waals surface area contributed by atoms with Crippen molar-refractivity contribution in [3.8, 4) is 11.1 Å². The van der Waals surface area contributed by atoms with Gasteiger partial charge in [0.15, 0.2) is 5.78 Å². The lowest BCUT2D eigenvalue weighted by molar-refractivity contribution is 0.0951. The van der Waals surface area contributed by atoms with Crippen LogP contribution in [0.5, 0.6) is 0 Å². The molecular weight excluding hydrogens is 310 g/mol. The standard InChI is InChI=1S/C22H17NO2/c1-14-6-2-3-7-16(14)13-23-22(25)15-10-11-18-17-8-4-5-9-19(17)21(24)20(18)12-15/h2-12H,13H2,1H3,(H,23,25). The average Bonchev–Trinajstić information content (AvgIpc) is 2.93. The third kappa shape index (κ3) is 2.64. The van der Waals surface area contributed by atoms with Crippen molar-refractivity contribution in [1.29, 1.82) is 0 Å². The minimum Gasteiger partial charge on any atom is -0.348 e. The summed E-state index contributed by atoms with van der Waals surface area (Å²) in [5.41, 5.74) is 5.88. The van der Waals surface area contributed by atoms with E-state index in [1.165, 1.54) is 0 Å². The van der Waals surface area contributed by atoms with Crippen LogP contribution in [-0.2, 0) is 6.54 Å². The first-order valence-corrected chi connectivity index (χ1v) is 8.26. The second-order valence-electron chi connectivity index (χ2n) is 6.24. The first-order chi connectivity index (χ1) is 12.1. The van der Waals surface area contributed by atoms with E-state index in [0.717, 1.165) is 22.3 Å². The van der Waals surface area contributed by atoms with Gasteiger partial charge in [-0.2, -0.15) is 0 Å². The van der Waals surface area contributed by atoms with Gasteiger partial charge in [0.25, 0.3) is 5.91 Å². The lowest BCUT2D eigenvalue weighted by Gasteiger charge is -2.09.